The van der Waals surface area contributed by atoms with Crippen LogP contribution in [0.3, 0.4) is 0 Å². The highest BCUT2D eigenvalue weighted by molar-refractivity contribution is 7.30. The molecule has 1 unspecified atom stereocenters. The topological polar surface area (TPSA) is 126 Å². The van der Waals surface area contributed by atoms with Crippen molar-refractivity contribution in [2.75, 3.05) is 6.61 Å². The van der Waals surface area contributed by atoms with Crippen LogP contribution in [0.15, 0.2) is 15.8 Å². The van der Waals surface area contributed by atoms with Crippen molar-refractivity contribution in [3.63, 3.8) is 0 Å². The van der Waals surface area contributed by atoms with Gasteiger partial charge in [-0.2, -0.15) is 4.39 Å². The molecule has 2 saturated heterocycles. The molecule has 20 heavy (non-hydrogen) atoms. The highest BCUT2D eigenvalue weighted by atomic mass is 31.1. The molecule has 1 N–H and O–H groups in total. The van der Waals surface area contributed by atoms with Gasteiger partial charge in [0.15, 0.2) is 6.23 Å². The predicted octanol–water partition coefficient (Wildman–Crippen LogP) is -1.63. The highest BCUT2D eigenvalue weighted by Gasteiger charge is 2.59. The lowest BCUT2D eigenvalue weighted by atomic mass is 10.2. The number of epoxide rings is 1. The van der Waals surface area contributed by atoms with Gasteiger partial charge in [-0.15, -0.1) is 4.52 Å². The van der Waals surface area contributed by atoms with Gasteiger partial charge in [0.25, 0.3) is 5.56 Å². The second kappa shape index (κ2) is 4.83. The number of rotatable bonds is 4. The third-order valence-corrected chi connectivity index (χ3v) is 3.43. The lowest BCUT2D eigenvalue weighted by Crippen LogP contribution is -2.36. The van der Waals surface area contributed by atoms with Gasteiger partial charge in [-0.05, 0) is 4.57 Å². The number of fused-ring (bicyclic) bond motifs is 1. The average Bonchev–Trinajstić information content (AvgIpc) is 3.08. The van der Waals surface area contributed by atoms with E-state index in [1.165, 1.54) is 0 Å². The Labute approximate surface area is 110 Å². The van der Waals surface area contributed by atoms with Crippen molar-refractivity contribution in [2.24, 2.45) is 0 Å². The van der Waals surface area contributed by atoms with Crippen LogP contribution < -0.4 is 16.1 Å². The van der Waals surface area contributed by atoms with Crippen LogP contribution in [0.25, 0.3) is 0 Å². The third-order valence-electron chi connectivity index (χ3n) is 3.07. The van der Waals surface area contributed by atoms with Crippen LogP contribution in [0.5, 0.6) is 0 Å². The van der Waals surface area contributed by atoms with Crippen LogP contribution in [-0.4, -0.2) is 34.5 Å². The number of ether oxygens (including phenoxy) is 2. The second-order valence-corrected chi connectivity index (χ2v) is 5.00. The maximum Gasteiger partial charge on any atom is 0.488 e. The SMILES string of the molecule is O=c1[nH]c(=O)n([C@@H]2O[C@H](CO[P+](=O)[O-])[C@@H]3O[C@@H]32)cc1F. The third kappa shape index (κ3) is 2.32. The Kier molecular flexibility index (Phi) is 3.27. The fourth-order valence-corrected chi connectivity index (χ4v) is 2.41. The molecule has 9 nitrogen and oxygen atoms in total. The molecule has 0 spiro atoms. The molecule has 5 atom stereocenters. The van der Waals surface area contributed by atoms with Crippen molar-refractivity contribution in [3.05, 3.63) is 32.9 Å². The molecule has 2 aliphatic rings. The Morgan fingerprint density at radius 2 is 2.20 bits per heavy atom. The Bertz CT molecular complexity index is 673. The fraction of sp³-hybridized carbons (Fsp3) is 0.556. The summed E-state index contributed by atoms with van der Waals surface area (Å²) in [5.41, 5.74) is -1.96. The van der Waals surface area contributed by atoms with Gasteiger partial charge in [0.2, 0.25) is 5.82 Å². The van der Waals surface area contributed by atoms with Crippen LogP contribution in [0.2, 0.25) is 0 Å². The zero-order valence-electron chi connectivity index (χ0n) is 9.72. The summed E-state index contributed by atoms with van der Waals surface area (Å²) in [7, 11) is -3.01. The van der Waals surface area contributed by atoms with Gasteiger partial charge in [-0.25, -0.2) is 4.79 Å². The molecule has 0 aromatic carbocycles. The summed E-state index contributed by atoms with van der Waals surface area (Å²) in [6, 6.07) is 0. The van der Waals surface area contributed by atoms with Gasteiger partial charge < -0.3 is 14.4 Å². The zero-order valence-corrected chi connectivity index (χ0v) is 10.6. The summed E-state index contributed by atoms with van der Waals surface area (Å²) in [6.45, 7) is -0.253. The lowest BCUT2D eigenvalue weighted by Gasteiger charge is -2.17. The van der Waals surface area contributed by atoms with E-state index in [2.05, 4.69) is 4.52 Å². The lowest BCUT2D eigenvalue weighted by molar-refractivity contribution is -0.189. The Balaban J connectivity index is 1.80. The maximum atomic E-state index is 13.2. The van der Waals surface area contributed by atoms with E-state index in [1.807, 2.05) is 0 Å². The number of nitrogens with one attached hydrogen (secondary N) is 1. The van der Waals surface area contributed by atoms with E-state index >= 15 is 0 Å². The fourth-order valence-electron chi connectivity index (χ4n) is 2.14. The van der Waals surface area contributed by atoms with Crippen molar-refractivity contribution in [2.45, 2.75) is 24.5 Å². The van der Waals surface area contributed by atoms with Gasteiger partial charge in [0.1, 0.15) is 24.9 Å². The maximum absolute atomic E-state index is 13.2. The number of H-pyrrole nitrogens is 1. The van der Waals surface area contributed by atoms with Gasteiger partial charge in [-0.1, -0.05) is 0 Å². The molecule has 0 bridgehead atoms. The van der Waals surface area contributed by atoms with E-state index in [0.717, 1.165) is 10.8 Å². The molecule has 2 aliphatic heterocycles. The first kappa shape index (κ1) is 13.5. The minimum Gasteiger partial charge on any atom is -0.566 e. The van der Waals surface area contributed by atoms with Gasteiger partial charge in [0, 0.05) is 0 Å². The number of hydrogen-bond donors (Lipinski definition) is 1. The minimum atomic E-state index is -3.01. The van der Waals surface area contributed by atoms with Crippen LogP contribution in [-0.2, 0) is 18.6 Å². The van der Waals surface area contributed by atoms with E-state index in [0.29, 0.717) is 0 Å². The average molecular weight is 306 g/mol. The molecule has 1 aromatic heterocycles. The summed E-state index contributed by atoms with van der Waals surface area (Å²) in [4.78, 5) is 34.7. The van der Waals surface area contributed by atoms with Crippen molar-refractivity contribution >= 4 is 8.25 Å². The Hall–Kier alpha value is -1.45. The number of aromatic nitrogens is 2. The van der Waals surface area contributed by atoms with E-state index in [9.17, 15) is 23.4 Å². The predicted molar refractivity (Wildman–Crippen MR) is 57.4 cm³/mol. The van der Waals surface area contributed by atoms with Crippen molar-refractivity contribution in [3.8, 4) is 0 Å². The zero-order chi connectivity index (χ0) is 14.4. The normalized spacial score (nSPS) is 32.0. The van der Waals surface area contributed by atoms with Crippen molar-refractivity contribution < 1.29 is 27.8 Å². The van der Waals surface area contributed by atoms with Crippen LogP contribution in [0.1, 0.15) is 6.23 Å². The summed E-state index contributed by atoms with van der Waals surface area (Å²) in [5, 5.41) is 0. The van der Waals surface area contributed by atoms with Gasteiger partial charge in [-0.3, -0.25) is 14.3 Å². The molecule has 1 aromatic rings. The second-order valence-electron chi connectivity index (χ2n) is 4.29. The Morgan fingerprint density at radius 3 is 2.90 bits per heavy atom. The molecule has 0 saturated carbocycles. The largest absolute Gasteiger partial charge is 0.566 e. The van der Waals surface area contributed by atoms with Crippen LogP contribution in [0, 0.1) is 5.82 Å². The van der Waals surface area contributed by atoms with Crippen molar-refractivity contribution in [1.29, 1.82) is 0 Å². The number of halogens is 1. The quantitative estimate of drug-likeness (QED) is 0.523. The monoisotopic (exact) mass is 306 g/mol. The summed E-state index contributed by atoms with van der Waals surface area (Å²) < 4.78 is 39.4. The molecule has 0 aliphatic carbocycles. The van der Waals surface area contributed by atoms with E-state index < -0.39 is 49.9 Å². The molecular weight excluding hydrogens is 298 g/mol. The number of aromatic amines is 1. The molecule has 2 fully saturated rings. The molecule has 0 amide bonds. The first-order valence-electron chi connectivity index (χ1n) is 5.56. The summed E-state index contributed by atoms with van der Waals surface area (Å²) in [5.74, 6) is -1.13. The molecule has 3 heterocycles. The van der Waals surface area contributed by atoms with E-state index in [-0.39, 0.29) is 6.61 Å². The van der Waals surface area contributed by atoms with Gasteiger partial charge in [0.05, 0.1) is 6.20 Å². The molecule has 108 valence electrons. The Morgan fingerprint density at radius 1 is 1.45 bits per heavy atom. The molecular formula is C9H8FN2O7P. The number of nitrogens with zero attached hydrogens (tertiary/aromatic N) is 1. The standard InChI is InChI=1S/C9H8FN2O7P/c10-3-1-12(9(14)11-7(3)13)8-6-5(19-6)4(18-8)2-17-20(15)16/h1,4-6,8H,2H2,(H,11,13,14)/t4-,5+,6+,8-/m1/s1. The molecule has 11 heteroatoms. The molecule has 0 radical (unpaired) electrons. The summed E-state index contributed by atoms with van der Waals surface area (Å²) >= 11 is 0. The highest BCUT2D eigenvalue weighted by Crippen LogP contribution is 2.44. The minimum absolute atomic E-state index is 0.253. The first-order valence-corrected chi connectivity index (χ1v) is 6.66. The smallest absolute Gasteiger partial charge is 0.488 e. The van der Waals surface area contributed by atoms with Crippen LogP contribution >= 0.6 is 8.25 Å². The van der Waals surface area contributed by atoms with Crippen LogP contribution in [0.4, 0.5) is 4.39 Å². The first-order chi connectivity index (χ1) is 9.47. The summed E-state index contributed by atoms with van der Waals surface area (Å²) in [6.07, 6.45) is -1.81. The van der Waals surface area contributed by atoms with E-state index in [4.69, 9.17) is 9.47 Å². The van der Waals surface area contributed by atoms with Crippen molar-refractivity contribution in [1.82, 2.24) is 9.55 Å². The van der Waals surface area contributed by atoms with Gasteiger partial charge >= 0.3 is 13.9 Å². The molecule has 3 rings (SSSR count). The van der Waals surface area contributed by atoms with E-state index in [1.54, 1.807) is 4.98 Å². The number of hydrogen-bond acceptors (Lipinski definition) is 7.